The zero-order valence-electron chi connectivity index (χ0n) is 36.2. The molecule has 12 heteroatoms. The van der Waals surface area contributed by atoms with Gasteiger partial charge < -0.3 is 44.3 Å². The molecule has 4 N–H and O–H groups in total. The molecule has 10 atom stereocenters. The molecule has 0 aromatic heterocycles. The number of rotatable bonds is 24. The van der Waals surface area contributed by atoms with Crippen LogP contribution < -0.4 is 0 Å². The third-order valence-corrected chi connectivity index (χ3v) is 12.1. The zero-order chi connectivity index (χ0) is 42.6. The van der Waals surface area contributed by atoms with Crippen molar-refractivity contribution < 1.29 is 53.8 Å². The van der Waals surface area contributed by atoms with Crippen LogP contribution >= 0.6 is 0 Å². The molecular formula is C44H77NO11. The monoisotopic (exact) mass is 796 g/mol. The van der Waals surface area contributed by atoms with Gasteiger partial charge in [-0.25, -0.2) is 0 Å². The number of allylic oxidation sites excluding steroid dienone is 3. The molecule has 2 rings (SSSR count). The molecule has 2 aliphatic rings. The van der Waals surface area contributed by atoms with Crippen molar-refractivity contribution in [3.05, 3.63) is 23.3 Å². The number of ether oxygens (including phenoxy) is 3. The van der Waals surface area contributed by atoms with Crippen molar-refractivity contribution in [2.75, 3.05) is 35.0 Å². The summed E-state index contributed by atoms with van der Waals surface area (Å²) in [6.07, 6.45) is 13.9. The lowest BCUT2D eigenvalue weighted by Gasteiger charge is -2.35. The number of carbonyl (C=O) groups excluding carboxylic acids is 4. The number of hydrogen-bond acceptors (Lipinski definition) is 11. The predicted molar refractivity (Wildman–Crippen MR) is 218 cm³/mol. The second-order valence-corrected chi connectivity index (χ2v) is 16.5. The number of carbonyl (C=O) groups is 4. The van der Waals surface area contributed by atoms with E-state index in [-0.39, 0.29) is 55.3 Å². The van der Waals surface area contributed by atoms with Crippen molar-refractivity contribution in [2.45, 2.75) is 168 Å². The number of piperidine rings is 1. The van der Waals surface area contributed by atoms with Gasteiger partial charge in [-0.05, 0) is 95.5 Å². The number of aldehydes is 1. The fourth-order valence-electron chi connectivity index (χ4n) is 8.52. The first kappa shape index (κ1) is 51.7. The van der Waals surface area contributed by atoms with Crippen LogP contribution in [0.3, 0.4) is 0 Å². The van der Waals surface area contributed by atoms with E-state index in [4.69, 9.17) is 19.3 Å². The minimum absolute atomic E-state index is 0.0242. The van der Waals surface area contributed by atoms with E-state index >= 15 is 0 Å². The number of methoxy groups -OCH3 is 3. The highest BCUT2D eigenvalue weighted by Crippen LogP contribution is 2.31. The van der Waals surface area contributed by atoms with Crippen molar-refractivity contribution in [1.82, 2.24) is 4.90 Å². The van der Waals surface area contributed by atoms with Crippen molar-refractivity contribution >= 4 is 23.8 Å². The molecule has 2 unspecified atom stereocenters. The van der Waals surface area contributed by atoms with Gasteiger partial charge in [-0.15, -0.1) is 0 Å². The van der Waals surface area contributed by atoms with Crippen molar-refractivity contribution in [2.24, 2.45) is 29.6 Å². The molecule has 56 heavy (non-hydrogen) atoms. The molecule has 0 aromatic carbocycles. The van der Waals surface area contributed by atoms with Crippen LogP contribution in [0.1, 0.15) is 131 Å². The molecule has 0 spiro atoms. The number of nitrogens with zero attached hydrogens (tertiary/aromatic N) is 1. The van der Waals surface area contributed by atoms with Crippen molar-refractivity contribution in [3.8, 4) is 0 Å². The lowest BCUT2D eigenvalue weighted by atomic mass is 9.82. The first-order valence-corrected chi connectivity index (χ1v) is 20.9. The highest BCUT2D eigenvalue weighted by molar-refractivity contribution is 6.39. The van der Waals surface area contributed by atoms with Gasteiger partial charge in [-0.3, -0.25) is 14.4 Å². The maximum atomic E-state index is 13.4. The van der Waals surface area contributed by atoms with Crippen molar-refractivity contribution in [1.29, 1.82) is 0 Å². The molecule has 0 aromatic rings. The molecule has 1 aliphatic heterocycles. The fourth-order valence-corrected chi connectivity index (χ4v) is 8.52. The van der Waals surface area contributed by atoms with Crippen LogP contribution in [-0.2, 0) is 33.4 Å². The summed E-state index contributed by atoms with van der Waals surface area (Å²) in [6.45, 7) is 11.9. The number of Topliss-reactive ketones (excluding diaryl/α,β-unsaturated/α-hetero) is 2. The number of aliphatic hydroxyl groups is 4. The van der Waals surface area contributed by atoms with E-state index in [2.05, 4.69) is 19.9 Å². The second-order valence-electron chi connectivity index (χ2n) is 16.5. The Labute approximate surface area is 337 Å². The minimum atomic E-state index is -2.87. The van der Waals surface area contributed by atoms with E-state index in [9.17, 15) is 34.5 Å². The summed E-state index contributed by atoms with van der Waals surface area (Å²) < 4.78 is 17.1. The van der Waals surface area contributed by atoms with Gasteiger partial charge in [0.15, 0.2) is 0 Å². The molecule has 2 fully saturated rings. The van der Waals surface area contributed by atoms with Gasteiger partial charge in [0.05, 0.1) is 30.5 Å². The second kappa shape index (κ2) is 26.6. The SMILES string of the molecule is CCC(/C=C(/C)C[C@H](C)CCC[C@H](C[C@@H](C)C(O)(O)C(=O)C(=O)N1CCCC[C@H]1C=O)OC)C(=O)C[C@H](O)[C@@H](C)C(OC)/C(C)=C/[C@@H]1CCC[C@H](OC)C1.CO. The van der Waals surface area contributed by atoms with E-state index in [0.717, 1.165) is 74.5 Å². The molecule has 1 saturated carbocycles. The van der Waals surface area contributed by atoms with Crippen LogP contribution in [0.2, 0.25) is 0 Å². The van der Waals surface area contributed by atoms with Crippen LogP contribution in [0.15, 0.2) is 23.3 Å². The van der Waals surface area contributed by atoms with E-state index < -0.39 is 35.5 Å². The average molecular weight is 796 g/mol. The Balaban J connectivity index is 0.00000771. The summed E-state index contributed by atoms with van der Waals surface area (Å²) in [5.41, 5.74) is 2.21. The van der Waals surface area contributed by atoms with Gasteiger partial charge in [-0.1, -0.05) is 64.7 Å². The van der Waals surface area contributed by atoms with Crippen molar-refractivity contribution in [3.63, 3.8) is 0 Å². The van der Waals surface area contributed by atoms with Gasteiger partial charge in [0.25, 0.3) is 11.7 Å². The van der Waals surface area contributed by atoms with Crippen LogP contribution in [0.4, 0.5) is 0 Å². The lowest BCUT2D eigenvalue weighted by Crippen LogP contribution is -2.56. The molecule has 12 nitrogen and oxygen atoms in total. The Kier molecular flexibility index (Phi) is 24.6. The average Bonchev–Trinajstić information content (AvgIpc) is 3.19. The maximum absolute atomic E-state index is 13.4. The topological polar surface area (TPSA) is 180 Å². The molecule has 1 heterocycles. The third kappa shape index (κ3) is 16.1. The van der Waals surface area contributed by atoms with Crippen LogP contribution in [-0.4, -0.2) is 120 Å². The summed E-state index contributed by atoms with van der Waals surface area (Å²) in [5.74, 6) is -5.97. The number of aliphatic hydroxyl groups excluding tert-OH is 2. The van der Waals surface area contributed by atoms with Gasteiger partial charge in [-0.2, -0.15) is 0 Å². The maximum Gasteiger partial charge on any atom is 0.296 e. The Hall–Kier alpha value is -2.32. The highest BCUT2D eigenvalue weighted by atomic mass is 16.5. The molecule has 1 saturated heterocycles. The van der Waals surface area contributed by atoms with Gasteiger partial charge in [0.1, 0.15) is 12.1 Å². The summed E-state index contributed by atoms with van der Waals surface area (Å²) in [7, 11) is 5.97. The first-order chi connectivity index (χ1) is 26.5. The Bertz CT molecular complexity index is 1250. The summed E-state index contributed by atoms with van der Waals surface area (Å²) in [4.78, 5) is 51.8. The van der Waals surface area contributed by atoms with Gasteiger partial charge in [0, 0.05) is 59.2 Å². The standard InChI is InChI=1S/C43H73NO10.CH4O/c1-10-34(39(47)26-38(46)32(6)40(54-9)30(4)23-33-16-14-19-37(25-33)53-8)22-29(3)21-28(2)15-13-18-36(52-7)24-31(5)43(50,51)41(48)42(49)44-20-12-11-17-35(44)27-45;1-2/h22-23,27-28,31-38,40,46,50-51H,10-21,24-26H2,1-9H3;2H,1H3/b29-22-,30-23+;/t28-,31-,32-,33+,34?,35+,36-,37+,38+,40?;/m1./s1. The quantitative estimate of drug-likeness (QED) is 0.0404. The van der Waals surface area contributed by atoms with E-state index in [1.165, 1.54) is 6.92 Å². The van der Waals surface area contributed by atoms with E-state index in [0.29, 0.717) is 43.8 Å². The molecule has 1 amide bonds. The summed E-state index contributed by atoms with van der Waals surface area (Å²) in [6, 6.07) is -0.730. The largest absolute Gasteiger partial charge is 0.400 e. The molecule has 1 aliphatic carbocycles. The number of hydrogen-bond donors (Lipinski definition) is 4. The number of likely N-dealkylation sites (tertiary alicyclic amines) is 1. The molecular weight excluding hydrogens is 718 g/mol. The Morgan fingerprint density at radius 3 is 2.20 bits per heavy atom. The summed E-state index contributed by atoms with van der Waals surface area (Å²) in [5, 5.41) is 39.7. The lowest BCUT2D eigenvalue weighted by molar-refractivity contribution is -0.207. The highest BCUT2D eigenvalue weighted by Gasteiger charge is 2.46. The van der Waals surface area contributed by atoms with Crippen LogP contribution in [0.5, 0.6) is 0 Å². The van der Waals surface area contributed by atoms with Crippen LogP contribution in [0, 0.1) is 29.6 Å². The van der Waals surface area contributed by atoms with Gasteiger partial charge in [0.2, 0.25) is 5.79 Å². The van der Waals surface area contributed by atoms with E-state index in [1.807, 2.05) is 26.8 Å². The van der Waals surface area contributed by atoms with Gasteiger partial charge >= 0.3 is 0 Å². The zero-order valence-corrected chi connectivity index (χ0v) is 36.2. The number of ketones is 2. The Morgan fingerprint density at radius 2 is 1.61 bits per heavy atom. The minimum Gasteiger partial charge on any atom is -0.400 e. The van der Waals surface area contributed by atoms with E-state index in [1.54, 1.807) is 21.3 Å². The fraction of sp³-hybridized carbons (Fsp3) is 0.818. The Morgan fingerprint density at radius 1 is 0.929 bits per heavy atom. The molecule has 0 bridgehead atoms. The normalized spacial score (nSPS) is 23.5. The van der Waals surface area contributed by atoms with Crippen LogP contribution in [0.25, 0.3) is 0 Å². The third-order valence-electron chi connectivity index (χ3n) is 12.1. The number of amides is 1. The molecule has 324 valence electrons. The smallest absolute Gasteiger partial charge is 0.296 e. The molecule has 0 radical (unpaired) electrons. The summed E-state index contributed by atoms with van der Waals surface area (Å²) >= 11 is 0. The first-order valence-electron chi connectivity index (χ1n) is 20.9. The predicted octanol–water partition coefficient (Wildman–Crippen LogP) is 5.76.